The van der Waals surface area contributed by atoms with E-state index in [0.29, 0.717) is 18.9 Å². The fourth-order valence-corrected chi connectivity index (χ4v) is 3.19. The summed E-state index contributed by atoms with van der Waals surface area (Å²) in [5.74, 6) is 0.692. The summed E-state index contributed by atoms with van der Waals surface area (Å²) in [6, 6.07) is 0. The molecule has 0 aromatic carbocycles. The molecule has 0 radical (unpaired) electrons. The maximum Gasteiger partial charge on any atom is 0.225 e. The average Bonchev–Trinajstić information content (AvgIpc) is 2.54. The molecule has 2 heterocycles. The Hall–Kier alpha value is -1.98. The summed E-state index contributed by atoms with van der Waals surface area (Å²) in [6.45, 7) is 2.02. The van der Waals surface area contributed by atoms with Gasteiger partial charge >= 0.3 is 0 Å². The summed E-state index contributed by atoms with van der Waals surface area (Å²) < 4.78 is 0. The van der Waals surface area contributed by atoms with Crippen LogP contribution in [-0.2, 0) is 16.0 Å². The van der Waals surface area contributed by atoms with Crippen LogP contribution in [0.15, 0.2) is 18.6 Å². The van der Waals surface area contributed by atoms with Gasteiger partial charge in [0.2, 0.25) is 11.8 Å². The van der Waals surface area contributed by atoms with Gasteiger partial charge in [0.25, 0.3) is 0 Å². The van der Waals surface area contributed by atoms with E-state index in [-0.39, 0.29) is 17.7 Å². The van der Waals surface area contributed by atoms with E-state index in [1.165, 1.54) is 6.42 Å². The van der Waals surface area contributed by atoms with Crippen molar-refractivity contribution in [3.8, 4) is 0 Å². The summed E-state index contributed by atoms with van der Waals surface area (Å²) in [7, 11) is 0. The highest BCUT2D eigenvalue weighted by Crippen LogP contribution is 2.30. The number of amides is 2. The fraction of sp³-hybridized carbons (Fsp3) is 0.647. The third-order valence-electron chi connectivity index (χ3n) is 4.93. The van der Waals surface area contributed by atoms with Crippen LogP contribution in [0.1, 0.15) is 37.8 Å². The minimum Gasteiger partial charge on any atom is -0.355 e. The first kappa shape index (κ1) is 15.9. The Morgan fingerprint density at radius 2 is 1.91 bits per heavy atom. The zero-order valence-corrected chi connectivity index (χ0v) is 13.4. The highest BCUT2D eigenvalue weighted by Gasteiger charge is 2.33. The van der Waals surface area contributed by atoms with E-state index >= 15 is 0 Å². The van der Waals surface area contributed by atoms with Crippen molar-refractivity contribution in [1.29, 1.82) is 0 Å². The van der Waals surface area contributed by atoms with Crippen LogP contribution in [0.2, 0.25) is 0 Å². The monoisotopic (exact) mass is 316 g/mol. The van der Waals surface area contributed by atoms with Crippen molar-refractivity contribution >= 4 is 11.8 Å². The van der Waals surface area contributed by atoms with Gasteiger partial charge in [-0.1, -0.05) is 6.42 Å². The van der Waals surface area contributed by atoms with Crippen LogP contribution in [0.4, 0.5) is 0 Å². The van der Waals surface area contributed by atoms with Gasteiger partial charge in [-0.05, 0) is 25.7 Å². The lowest BCUT2D eigenvalue weighted by Crippen LogP contribution is -2.46. The lowest BCUT2D eigenvalue weighted by Gasteiger charge is -2.36. The molecule has 2 fully saturated rings. The highest BCUT2D eigenvalue weighted by molar-refractivity contribution is 5.81. The number of aromatic nitrogens is 2. The molecule has 0 unspecified atom stereocenters. The van der Waals surface area contributed by atoms with Crippen LogP contribution in [0, 0.1) is 11.8 Å². The second-order valence-corrected chi connectivity index (χ2v) is 6.47. The average molecular weight is 316 g/mol. The van der Waals surface area contributed by atoms with Gasteiger partial charge in [-0.2, -0.15) is 0 Å². The predicted molar refractivity (Wildman–Crippen MR) is 85.4 cm³/mol. The summed E-state index contributed by atoms with van der Waals surface area (Å²) in [4.78, 5) is 34.6. The van der Waals surface area contributed by atoms with Gasteiger partial charge in [-0.15, -0.1) is 0 Å². The first-order chi connectivity index (χ1) is 11.2. The lowest BCUT2D eigenvalue weighted by molar-refractivity contribution is -0.141. The van der Waals surface area contributed by atoms with E-state index in [9.17, 15) is 9.59 Å². The number of carbonyl (C=O) groups excluding carboxylic acids is 2. The standard InChI is InChI=1S/C17H24N4O2/c22-16(20-7-4-15-12-18-8-9-19-15)13-5-10-21(11-6-13)17(23)14-2-1-3-14/h8-9,12-14H,1-7,10-11H2,(H,20,22). The molecular formula is C17H24N4O2. The van der Waals surface area contributed by atoms with E-state index in [4.69, 9.17) is 0 Å². The Labute approximate surface area is 136 Å². The Morgan fingerprint density at radius 1 is 1.13 bits per heavy atom. The van der Waals surface area contributed by atoms with Crippen LogP contribution in [-0.4, -0.2) is 46.3 Å². The van der Waals surface area contributed by atoms with Gasteiger partial charge in [-0.25, -0.2) is 0 Å². The Balaban J connectivity index is 1.37. The first-order valence-electron chi connectivity index (χ1n) is 8.55. The number of piperidine rings is 1. The number of likely N-dealkylation sites (tertiary alicyclic amines) is 1. The van der Waals surface area contributed by atoms with Gasteiger partial charge in [0.1, 0.15) is 0 Å². The van der Waals surface area contributed by atoms with Crippen molar-refractivity contribution in [2.24, 2.45) is 11.8 Å². The number of hydrogen-bond donors (Lipinski definition) is 1. The van der Waals surface area contributed by atoms with Crippen molar-refractivity contribution in [3.63, 3.8) is 0 Å². The van der Waals surface area contributed by atoms with Crippen LogP contribution in [0.3, 0.4) is 0 Å². The van der Waals surface area contributed by atoms with Gasteiger partial charge in [0, 0.05) is 56.5 Å². The third kappa shape index (κ3) is 4.06. The highest BCUT2D eigenvalue weighted by atomic mass is 16.2. The van der Waals surface area contributed by atoms with Crippen molar-refractivity contribution in [1.82, 2.24) is 20.2 Å². The number of hydrogen-bond acceptors (Lipinski definition) is 4. The SMILES string of the molecule is O=C(NCCc1cnccn1)C1CCN(C(=O)C2CCC2)CC1. The molecule has 2 aliphatic rings. The van der Waals surface area contributed by atoms with Gasteiger partial charge in [-0.3, -0.25) is 19.6 Å². The molecule has 0 bridgehead atoms. The van der Waals surface area contributed by atoms with Crippen molar-refractivity contribution in [3.05, 3.63) is 24.3 Å². The van der Waals surface area contributed by atoms with Crippen molar-refractivity contribution in [2.75, 3.05) is 19.6 Å². The zero-order chi connectivity index (χ0) is 16.1. The van der Waals surface area contributed by atoms with Crippen LogP contribution >= 0.6 is 0 Å². The van der Waals surface area contributed by atoms with E-state index in [0.717, 1.165) is 44.5 Å². The molecule has 124 valence electrons. The molecule has 6 heteroatoms. The molecule has 1 aliphatic carbocycles. The number of rotatable bonds is 5. The largest absolute Gasteiger partial charge is 0.355 e. The maximum atomic E-state index is 12.2. The van der Waals surface area contributed by atoms with Crippen molar-refractivity contribution < 1.29 is 9.59 Å². The maximum absolute atomic E-state index is 12.2. The smallest absolute Gasteiger partial charge is 0.225 e. The zero-order valence-electron chi connectivity index (χ0n) is 13.4. The quantitative estimate of drug-likeness (QED) is 0.885. The summed E-state index contributed by atoms with van der Waals surface area (Å²) >= 11 is 0. The molecule has 23 heavy (non-hydrogen) atoms. The molecule has 1 saturated carbocycles. The summed E-state index contributed by atoms with van der Waals surface area (Å²) in [5, 5.41) is 2.98. The number of carbonyl (C=O) groups is 2. The molecule has 1 aromatic rings. The van der Waals surface area contributed by atoms with Crippen molar-refractivity contribution in [2.45, 2.75) is 38.5 Å². The predicted octanol–water partition coefficient (Wildman–Crippen LogP) is 1.17. The fourth-order valence-electron chi connectivity index (χ4n) is 3.19. The van der Waals surface area contributed by atoms with E-state index in [1.54, 1.807) is 18.6 Å². The molecule has 2 amide bonds. The second kappa shape index (κ2) is 7.53. The molecular weight excluding hydrogens is 292 g/mol. The number of nitrogens with one attached hydrogen (secondary N) is 1. The third-order valence-corrected chi connectivity index (χ3v) is 4.93. The Morgan fingerprint density at radius 3 is 2.52 bits per heavy atom. The second-order valence-electron chi connectivity index (χ2n) is 6.47. The molecule has 3 rings (SSSR count). The minimum atomic E-state index is 0.0299. The normalized spacial score (nSPS) is 19.2. The lowest BCUT2D eigenvalue weighted by atomic mass is 9.83. The molecule has 1 aromatic heterocycles. The van der Waals surface area contributed by atoms with E-state index in [1.807, 2.05) is 4.90 Å². The van der Waals surface area contributed by atoms with Crippen LogP contribution in [0.25, 0.3) is 0 Å². The minimum absolute atomic E-state index is 0.0299. The summed E-state index contributed by atoms with van der Waals surface area (Å²) in [6.07, 6.45) is 10.5. The van der Waals surface area contributed by atoms with E-state index < -0.39 is 0 Å². The van der Waals surface area contributed by atoms with Gasteiger partial charge in [0.05, 0.1) is 5.69 Å². The number of nitrogens with zero attached hydrogens (tertiary/aromatic N) is 3. The van der Waals surface area contributed by atoms with Crippen LogP contribution in [0.5, 0.6) is 0 Å². The molecule has 1 saturated heterocycles. The molecule has 0 atom stereocenters. The van der Waals surface area contributed by atoms with Gasteiger partial charge in [0.15, 0.2) is 0 Å². The Bertz CT molecular complexity index is 537. The Kier molecular flexibility index (Phi) is 5.20. The molecule has 1 aliphatic heterocycles. The summed E-state index contributed by atoms with van der Waals surface area (Å²) in [5.41, 5.74) is 0.883. The van der Waals surface area contributed by atoms with E-state index in [2.05, 4.69) is 15.3 Å². The van der Waals surface area contributed by atoms with Gasteiger partial charge < -0.3 is 10.2 Å². The molecule has 6 nitrogen and oxygen atoms in total. The first-order valence-corrected chi connectivity index (χ1v) is 8.55. The topological polar surface area (TPSA) is 75.2 Å². The molecule has 1 N–H and O–H groups in total. The van der Waals surface area contributed by atoms with Crippen LogP contribution < -0.4 is 5.32 Å². The molecule has 0 spiro atoms.